The molecule has 130 valence electrons. The van der Waals surface area contributed by atoms with Crippen molar-refractivity contribution in [2.75, 3.05) is 18.5 Å². The Kier molecular flexibility index (Phi) is 5.33. The number of hydrogen-bond acceptors (Lipinski definition) is 3. The minimum atomic E-state index is -0.145. The molecule has 25 heavy (non-hydrogen) atoms. The second kappa shape index (κ2) is 7.83. The highest BCUT2D eigenvalue weighted by Crippen LogP contribution is 2.26. The molecule has 2 aromatic carbocycles. The Hall–Kier alpha value is -2.82. The molecule has 0 saturated heterocycles. The lowest BCUT2D eigenvalue weighted by Gasteiger charge is -2.18. The molecule has 0 saturated carbocycles. The summed E-state index contributed by atoms with van der Waals surface area (Å²) < 4.78 is 5.57. The van der Waals surface area contributed by atoms with E-state index in [-0.39, 0.29) is 24.3 Å². The molecule has 5 nitrogen and oxygen atoms in total. The molecule has 1 heterocycles. The van der Waals surface area contributed by atoms with Crippen LogP contribution in [0.25, 0.3) is 0 Å². The Labute approximate surface area is 147 Å². The summed E-state index contributed by atoms with van der Waals surface area (Å²) in [4.78, 5) is 23.4. The van der Waals surface area contributed by atoms with Gasteiger partial charge in [-0.25, -0.2) is 0 Å². The smallest absolute Gasteiger partial charge is 0.257 e. The number of ether oxygens (including phenoxy) is 1. The Morgan fingerprint density at radius 2 is 2.00 bits per heavy atom. The highest BCUT2D eigenvalue weighted by molar-refractivity contribution is 5.94. The summed E-state index contributed by atoms with van der Waals surface area (Å²) in [5.74, 6) is 0.778. The summed E-state index contributed by atoms with van der Waals surface area (Å²) in [5.41, 5.74) is 3.06. The molecule has 3 rings (SSSR count). The third-order valence-electron chi connectivity index (χ3n) is 4.32. The number of anilines is 1. The molecule has 1 aliphatic rings. The fourth-order valence-corrected chi connectivity index (χ4v) is 2.82. The van der Waals surface area contributed by atoms with E-state index in [0.717, 1.165) is 11.3 Å². The summed E-state index contributed by atoms with van der Waals surface area (Å²) in [5, 5.41) is 5.72. The predicted molar refractivity (Wildman–Crippen MR) is 96.8 cm³/mol. The van der Waals surface area contributed by atoms with Gasteiger partial charge in [0.1, 0.15) is 5.75 Å². The number of nitrogens with one attached hydrogen (secondary N) is 2. The normalized spacial score (nSPS) is 14.2. The van der Waals surface area contributed by atoms with Crippen molar-refractivity contribution in [2.24, 2.45) is 0 Å². The van der Waals surface area contributed by atoms with Crippen molar-refractivity contribution in [3.63, 3.8) is 0 Å². The molecule has 0 radical (unpaired) electrons. The monoisotopic (exact) mass is 338 g/mol. The van der Waals surface area contributed by atoms with Crippen LogP contribution in [0.3, 0.4) is 0 Å². The molecule has 0 bridgehead atoms. The van der Waals surface area contributed by atoms with Crippen LogP contribution in [0.5, 0.6) is 5.75 Å². The number of rotatable bonds is 6. The fourth-order valence-electron chi connectivity index (χ4n) is 2.82. The minimum Gasteiger partial charge on any atom is -0.484 e. The van der Waals surface area contributed by atoms with Crippen LogP contribution in [0.1, 0.15) is 30.4 Å². The molecule has 0 aromatic heterocycles. The highest BCUT2D eigenvalue weighted by Gasteiger charge is 2.15. The van der Waals surface area contributed by atoms with Gasteiger partial charge in [-0.1, -0.05) is 37.3 Å². The van der Waals surface area contributed by atoms with Crippen molar-refractivity contribution >= 4 is 17.5 Å². The van der Waals surface area contributed by atoms with E-state index in [4.69, 9.17) is 4.74 Å². The van der Waals surface area contributed by atoms with Crippen LogP contribution in [-0.2, 0) is 16.0 Å². The van der Waals surface area contributed by atoms with E-state index < -0.39 is 0 Å². The van der Waals surface area contributed by atoms with Gasteiger partial charge in [0.05, 0.1) is 0 Å². The third kappa shape index (κ3) is 4.59. The lowest BCUT2D eigenvalue weighted by atomic mass is 10.0. The third-order valence-corrected chi connectivity index (χ3v) is 4.32. The molecule has 0 fully saturated rings. The molecular weight excluding hydrogens is 316 g/mol. The summed E-state index contributed by atoms with van der Waals surface area (Å²) in [6, 6.07) is 15.5. The first-order valence-electron chi connectivity index (χ1n) is 8.49. The predicted octanol–water partition coefficient (Wildman–Crippen LogP) is 2.87. The maximum Gasteiger partial charge on any atom is 0.257 e. The largest absolute Gasteiger partial charge is 0.484 e. The van der Waals surface area contributed by atoms with Crippen molar-refractivity contribution in [1.29, 1.82) is 0 Å². The Balaban J connectivity index is 1.47. The van der Waals surface area contributed by atoms with Gasteiger partial charge in [0.2, 0.25) is 5.91 Å². The first-order valence-corrected chi connectivity index (χ1v) is 8.49. The topological polar surface area (TPSA) is 67.4 Å². The molecule has 5 heteroatoms. The van der Waals surface area contributed by atoms with Crippen molar-refractivity contribution in [1.82, 2.24) is 5.32 Å². The first kappa shape index (κ1) is 17.0. The van der Waals surface area contributed by atoms with Crippen LogP contribution in [-0.4, -0.2) is 25.0 Å². The fraction of sp³-hybridized carbons (Fsp3) is 0.300. The van der Waals surface area contributed by atoms with E-state index in [1.165, 1.54) is 5.56 Å². The lowest BCUT2D eigenvalue weighted by molar-refractivity contribution is -0.123. The van der Waals surface area contributed by atoms with Gasteiger partial charge in [-0.3, -0.25) is 9.59 Å². The van der Waals surface area contributed by atoms with Crippen LogP contribution in [0.4, 0.5) is 5.69 Å². The van der Waals surface area contributed by atoms with E-state index in [9.17, 15) is 9.59 Å². The molecule has 0 aliphatic carbocycles. The van der Waals surface area contributed by atoms with Gasteiger partial charge < -0.3 is 15.4 Å². The standard InChI is InChI=1S/C20H22N2O3/c1-14(15-5-3-2-4-6-15)12-21-20(24)13-25-17-8-9-18-16(11-17)7-10-19(23)22-18/h2-6,8-9,11,14H,7,10,12-13H2,1H3,(H,21,24)(H,22,23)/t14-/m1/s1. The zero-order chi connectivity index (χ0) is 17.6. The van der Waals surface area contributed by atoms with E-state index in [1.807, 2.05) is 30.3 Å². The van der Waals surface area contributed by atoms with E-state index in [0.29, 0.717) is 25.1 Å². The van der Waals surface area contributed by atoms with Gasteiger partial charge in [0.15, 0.2) is 6.61 Å². The number of carbonyl (C=O) groups is 2. The molecular formula is C20H22N2O3. The van der Waals surface area contributed by atoms with Crippen LogP contribution in [0.2, 0.25) is 0 Å². The van der Waals surface area contributed by atoms with Gasteiger partial charge in [-0.2, -0.15) is 0 Å². The Morgan fingerprint density at radius 1 is 1.20 bits per heavy atom. The Bertz CT molecular complexity index is 759. The quantitative estimate of drug-likeness (QED) is 0.851. The molecule has 0 unspecified atom stereocenters. The van der Waals surface area contributed by atoms with Gasteiger partial charge in [0, 0.05) is 18.7 Å². The second-order valence-corrected chi connectivity index (χ2v) is 6.27. The number of benzene rings is 2. The second-order valence-electron chi connectivity index (χ2n) is 6.27. The van der Waals surface area contributed by atoms with Crippen molar-refractivity contribution in [3.8, 4) is 5.75 Å². The minimum absolute atomic E-state index is 0.0212. The van der Waals surface area contributed by atoms with Crippen molar-refractivity contribution in [2.45, 2.75) is 25.7 Å². The van der Waals surface area contributed by atoms with Gasteiger partial charge >= 0.3 is 0 Å². The average Bonchev–Trinajstić information content (AvgIpc) is 2.65. The number of carbonyl (C=O) groups excluding carboxylic acids is 2. The van der Waals surface area contributed by atoms with Crippen LogP contribution in [0.15, 0.2) is 48.5 Å². The maximum atomic E-state index is 12.0. The van der Waals surface area contributed by atoms with Crippen LogP contribution < -0.4 is 15.4 Å². The van der Waals surface area contributed by atoms with E-state index >= 15 is 0 Å². The summed E-state index contributed by atoms with van der Waals surface area (Å²) in [6.07, 6.45) is 1.17. The molecule has 0 spiro atoms. The SMILES string of the molecule is C[C@H](CNC(=O)COc1ccc2c(c1)CCC(=O)N2)c1ccccc1. The molecule has 2 aromatic rings. The Morgan fingerprint density at radius 3 is 2.80 bits per heavy atom. The van der Waals surface area contributed by atoms with E-state index in [2.05, 4.69) is 29.7 Å². The zero-order valence-electron chi connectivity index (χ0n) is 14.2. The molecule has 1 aliphatic heterocycles. The summed E-state index contributed by atoms with van der Waals surface area (Å²) in [6.45, 7) is 2.63. The zero-order valence-corrected chi connectivity index (χ0v) is 14.2. The van der Waals surface area contributed by atoms with E-state index in [1.54, 1.807) is 6.07 Å². The lowest BCUT2D eigenvalue weighted by Crippen LogP contribution is -2.31. The number of fused-ring (bicyclic) bond motifs is 1. The van der Waals surface area contributed by atoms with Crippen LogP contribution >= 0.6 is 0 Å². The number of aryl methyl sites for hydroxylation is 1. The van der Waals surface area contributed by atoms with Gasteiger partial charge in [-0.15, -0.1) is 0 Å². The summed E-state index contributed by atoms with van der Waals surface area (Å²) in [7, 11) is 0. The molecule has 1 atom stereocenters. The average molecular weight is 338 g/mol. The number of hydrogen-bond donors (Lipinski definition) is 2. The number of amides is 2. The highest BCUT2D eigenvalue weighted by atomic mass is 16.5. The molecule has 2 amide bonds. The summed E-state index contributed by atoms with van der Waals surface area (Å²) >= 11 is 0. The van der Waals surface area contributed by atoms with Gasteiger partial charge in [-0.05, 0) is 41.7 Å². The first-order chi connectivity index (χ1) is 12.1. The molecule has 2 N–H and O–H groups in total. The maximum absolute atomic E-state index is 12.0. The van der Waals surface area contributed by atoms with Crippen molar-refractivity contribution in [3.05, 3.63) is 59.7 Å². The van der Waals surface area contributed by atoms with Crippen molar-refractivity contribution < 1.29 is 14.3 Å². The van der Waals surface area contributed by atoms with Gasteiger partial charge in [0.25, 0.3) is 5.91 Å². The van der Waals surface area contributed by atoms with Crippen LogP contribution in [0, 0.1) is 0 Å².